The fraction of sp³-hybridized carbons (Fsp3) is 0.490. The van der Waals surface area contributed by atoms with Gasteiger partial charge in [0.2, 0.25) is 5.91 Å². The van der Waals surface area contributed by atoms with Gasteiger partial charge in [-0.15, -0.1) is 6.58 Å². The Balaban J connectivity index is 1.51. The largest absolute Gasteiger partial charge is 0.496 e. The van der Waals surface area contributed by atoms with E-state index in [2.05, 4.69) is 64.7 Å². The summed E-state index contributed by atoms with van der Waals surface area (Å²) in [5.74, 6) is 2.83. The van der Waals surface area contributed by atoms with Gasteiger partial charge in [-0.05, 0) is 125 Å². The molecule has 55 heavy (non-hydrogen) atoms. The van der Waals surface area contributed by atoms with Crippen molar-refractivity contribution in [3.05, 3.63) is 118 Å². The molecule has 296 valence electrons. The van der Waals surface area contributed by atoms with E-state index in [0.29, 0.717) is 24.2 Å². The molecule has 6 heteroatoms. The molecule has 2 aromatic rings. The molecule has 0 aromatic heterocycles. The molecule has 4 rings (SSSR count). The minimum absolute atomic E-state index is 0.0223. The average molecular weight is 747 g/mol. The second-order valence-corrected chi connectivity index (χ2v) is 15.6. The number of rotatable bonds is 19. The lowest BCUT2D eigenvalue weighted by atomic mass is 9.86. The van der Waals surface area contributed by atoms with Crippen molar-refractivity contribution in [1.29, 1.82) is 0 Å². The lowest BCUT2D eigenvalue weighted by Gasteiger charge is -2.19. The van der Waals surface area contributed by atoms with E-state index in [1.165, 1.54) is 27.9 Å². The molecule has 6 nitrogen and oxygen atoms in total. The molecule has 2 aliphatic carbocycles. The molecule has 2 aromatic carbocycles. The van der Waals surface area contributed by atoms with Crippen LogP contribution in [0.3, 0.4) is 0 Å². The zero-order valence-electron chi connectivity index (χ0n) is 34.8. The number of ketones is 1. The van der Waals surface area contributed by atoms with Crippen LogP contribution in [0.15, 0.2) is 112 Å². The van der Waals surface area contributed by atoms with Gasteiger partial charge >= 0.3 is 0 Å². The normalized spacial score (nSPS) is 18.7. The van der Waals surface area contributed by atoms with E-state index in [-0.39, 0.29) is 24.7 Å². The Morgan fingerprint density at radius 2 is 1.62 bits per heavy atom. The minimum atomic E-state index is -0.0223. The van der Waals surface area contributed by atoms with Crippen molar-refractivity contribution < 1.29 is 19.1 Å². The van der Waals surface area contributed by atoms with Crippen LogP contribution in [0.4, 0.5) is 0 Å². The van der Waals surface area contributed by atoms with Gasteiger partial charge in [0.25, 0.3) is 0 Å². The zero-order chi connectivity index (χ0) is 39.7. The number of ether oxygens (including phenoxy) is 2. The van der Waals surface area contributed by atoms with Gasteiger partial charge in [0.05, 0.1) is 27.2 Å². The maximum Gasteiger partial charge on any atom is 0.228 e. The number of methoxy groups -OCH3 is 2. The highest BCUT2D eigenvalue weighted by atomic mass is 16.5. The van der Waals surface area contributed by atoms with Crippen LogP contribution in [-0.2, 0) is 22.4 Å². The van der Waals surface area contributed by atoms with E-state index in [1.807, 2.05) is 48.5 Å². The Kier molecular flexibility index (Phi) is 17.5. The van der Waals surface area contributed by atoms with E-state index in [4.69, 9.17) is 14.5 Å². The van der Waals surface area contributed by atoms with Crippen molar-refractivity contribution >= 4 is 17.4 Å². The number of carbonyl (C=O) groups excluding carboxylic acids is 2. The van der Waals surface area contributed by atoms with Crippen molar-refractivity contribution in [2.45, 2.75) is 118 Å². The maximum atomic E-state index is 13.4. The van der Waals surface area contributed by atoms with Gasteiger partial charge in [0.1, 0.15) is 11.5 Å². The molecule has 0 saturated heterocycles. The van der Waals surface area contributed by atoms with Crippen LogP contribution in [0.2, 0.25) is 0 Å². The lowest BCUT2D eigenvalue weighted by Crippen LogP contribution is -2.25. The van der Waals surface area contributed by atoms with Gasteiger partial charge in [0.15, 0.2) is 5.78 Å². The number of hydrogen-bond acceptors (Lipinski definition) is 5. The molecule has 1 saturated carbocycles. The number of Topliss-reactive ketones (excluding diaryl/α,β-unsaturated/α-hetero) is 1. The number of carbonyl (C=O) groups is 2. The van der Waals surface area contributed by atoms with E-state index in [1.54, 1.807) is 14.2 Å². The molecule has 3 atom stereocenters. The van der Waals surface area contributed by atoms with Gasteiger partial charge in [-0.2, -0.15) is 0 Å². The summed E-state index contributed by atoms with van der Waals surface area (Å²) in [5, 5.41) is 3.29. The first kappa shape index (κ1) is 43.3. The summed E-state index contributed by atoms with van der Waals surface area (Å²) in [7, 11) is 3.29. The molecule has 1 fully saturated rings. The predicted octanol–water partition coefficient (Wildman–Crippen LogP) is 11.5. The highest BCUT2D eigenvalue weighted by molar-refractivity contribution is 5.91. The van der Waals surface area contributed by atoms with Gasteiger partial charge < -0.3 is 14.8 Å². The molecule has 0 bridgehead atoms. The molecule has 0 heterocycles. The number of allylic oxidation sites excluding steroid dienone is 8. The second kappa shape index (κ2) is 22.2. The molecule has 1 N–H and O–H groups in total. The third kappa shape index (κ3) is 13.1. The number of hydrogen-bond donors (Lipinski definition) is 1. The van der Waals surface area contributed by atoms with E-state index >= 15 is 0 Å². The first-order valence-electron chi connectivity index (χ1n) is 20.6. The first-order valence-corrected chi connectivity index (χ1v) is 20.6. The van der Waals surface area contributed by atoms with E-state index in [9.17, 15) is 9.59 Å². The summed E-state index contributed by atoms with van der Waals surface area (Å²) in [4.78, 5) is 31.4. The summed E-state index contributed by atoms with van der Waals surface area (Å²) >= 11 is 0. The minimum Gasteiger partial charge on any atom is -0.496 e. The number of nitrogens with zero attached hydrogens (tertiary/aromatic N) is 1. The number of para-hydroxylation sites is 2. The number of amides is 1. The van der Waals surface area contributed by atoms with Gasteiger partial charge in [0, 0.05) is 35.4 Å². The van der Waals surface area contributed by atoms with Crippen LogP contribution in [0, 0.1) is 17.8 Å². The standard InChI is InChI=1S/C49H66N2O4/c1-9-35(5)45(50-33-43(52)31-41-17-11-13-20-47(41)54-7)28-26-38(23-22-34(3)4)39-24-25-40(30-39)44-27-29-46(37(10-2)19-15-16-36(44)6)51-49(53)32-42-18-12-14-21-48(42)55-8/h11-14,17-18,20-21,26-27,29,35,39-40H,3,9-10,15-16,19,22-25,28,30-33H2,1-2,4-8H3,(H,51,53)/b29-27?,38-26+,44-36?,46-37?,50-45?. The molecule has 0 spiro atoms. The molecule has 0 aliphatic heterocycles. The quantitative estimate of drug-likeness (QED) is 0.115. The van der Waals surface area contributed by atoms with Gasteiger partial charge in [-0.3, -0.25) is 14.6 Å². The average Bonchev–Trinajstić information content (AvgIpc) is 3.68. The first-order chi connectivity index (χ1) is 26.6. The fourth-order valence-electron chi connectivity index (χ4n) is 8.11. The third-order valence-electron chi connectivity index (χ3n) is 11.6. The van der Waals surface area contributed by atoms with Crippen LogP contribution in [0.1, 0.15) is 116 Å². The number of nitrogens with one attached hydrogen (secondary N) is 1. The summed E-state index contributed by atoms with van der Waals surface area (Å²) < 4.78 is 11.0. The highest BCUT2D eigenvalue weighted by Crippen LogP contribution is 2.43. The zero-order valence-corrected chi connectivity index (χ0v) is 34.8. The number of benzene rings is 2. The van der Waals surface area contributed by atoms with Crippen LogP contribution >= 0.6 is 0 Å². The van der Waals surface area contributed by atoms with E-state index in [0.717, 1.165) is 105 Å². The summed E-state index contributed by atoms with van der Waals surface area (Å²) in [6, 6.07) is 15.5. The van der Waals surface area contributed by atoms with Gasteiger partial charge in [-0.25, -0.2) is 0 Å². The third-order valence-corrected chi connectivity index (χ3v) is 11.6. The van der Waals surface area contributed by atoms with Crippen LogP contribution < -0.4 is 14.8 Å². The summed E-state index contributed by atoms with van der Waals surface area (Å²) in [6.07, 6.45) is 18.7. The molecule has 3 unspecified atom stereocenters. The van der Waals surface area contributed by atoms with Crippen molar-refractivity contribution in [3.63, 3.8) is 0 Å². The Labute approximate surface area is 332 Å². The maximum absolute atomic E-state index is 13.4. The van der Waals surface area contributed by atoms with Crippen molar-refractivity contribution in [2.24, 2.45) is 22.7 Å². The Bertz CT molecular complexity index is 1790. The Morgan fingerprint density at radius 1 is 0.945 bits per heavy atom. The van der Waals surface area contributed by atoms with Crippen LogP contribution in [0.25, 0.3) is 0 Å². The number of aliphatic imine (C=N–C) groups is 1. The highest BCUT2D eigenvalue weighted by Gasteiger charge is 2.30. The lowest BCUT2D eigenvalue weighted by molar-refractivity contribution is -0.119. The van der Waals surface area contributed by atoms with Crippen molar-refractivity contribution in [3.8, 4) is 11.5 Å². The van der Waals surface area contributed by atoms with Gasteiger partial charge in [-0.1, -0.05) is 86.0 Å². The topological polar surface area (TPSA) is 77.0 Å². The Morgan fingerprint density at radius 3 is 2.25 bits per heavy atom. The SMILES string of the molecule is C=C(C)CC/C(=C\CC(=NCC(=O)Cc1ccccc1OC)C(C)CC)C1CCC(C2=C(C)CCCC(CC)=C(NC(=O)Cc3ccccc3OC)C=C2)C1. The molecular formula is C49H66N2O4. The molecular weight excluding hydrogens is 681 g/mol. The fourth-order valence-corrected chi connectivity index (χ4v) is 8.11. The summed E-state index contributed by atoms with van der Waals surface area (Å²) in [5.41, 5.74) is 10.8. The van der Waals surface area contributed by atoms with E-state index < -0.39 is 0 Å². The van der Waals surface area contributed by atoms with Crippen molar-refractivity contribution in [1.82, 2.24) is 5.32 Å². The van der Waals surface area contributed by atoms with Crippen LogP contribution in [-0.4, -0.2) is 38.2 Å². The van der Waals surface area contributed by atoms with Crippen LogP contribution in [0.5, 0.6) is 11.5 Å². The predicted molar refractivity (Wildman–Crippen MR) is 229 cm³/mol. The second-order valence-electron chi connectivity index (χ2n) is 15.6. The summed E-state index contributed by atoms with van der Waals surface area (Å²) in [6.45, 7) is 15.5. The van der Waals surface area contributed by atoms with Crippen molar-refractivity contribution in [2.75, 3.05) is 20.8 Å². The monoisotopic (exact) mass is 747 g/mol. The molecule has 2 aliphatic rings. The molecule has 0 radical (unpaired) electrons. The smallest absolute Gasteiger partial charge is 0.228 e. The Hall–Kier alpha value is -4.45. The molecule has 1 amide bonds.